The highest BCUT2D eigenvalue weighted by Crippen LogP contribution is 2.36. The summed E-state index contributed by atoms with van der Waals surface area (Å²) < 4.78 is 13.2. The molecule has 1 aliphatic carbocycles. The van der Waals surface area contributed by atoms with Gasteiger partial charge in [-0.25, -0.2) is 14.4 Å². The lowest BCUT2D eigenvalue weighted by Gasteiger charge is -2.36. The van der Waals surface area contributed by atoms with E-state index in [2.05, 4.69) is 14.8 Å². The number of fused-ring (bicyclic) bond motifs is 1. The molecular weight excluding hydrogens is 395 g/mol. The molecule has 1 atom stereocenters. The summed E-state index contributed by atoms with van der Waals surface area (Å²) in [5.41, 5.74) is 3.12. The third kappa shape index (κ3) is 3.83. The lowest BCUT2D eigenvalue weighted by molar-refractivity contribution is 0.0962. The summed E-state index contributed by atoms with van der Waals surface area (Å²) in [6, 6.07) is 13.7. The highest BCUT2D eigenvalue weighted by molar-refractivity contribution is 5.98. The maximum Gasteiger partial charge on any atom is 0.225 e. The van der Waals surface area contributed by atoms with E-state index in [9.17, 15) is 14.3 Å². The molecule has 0 spiro atoms. The predicted octanol–water partition coefficient (Wildman–Crippen LogP) is 3.56. The zero-order chi connectivity index (χ0) is 21.4. The second kappa shape index (κ2) is 7.98. The van der Waals surface area contributed by atoms with Gasteiger partial charge in [-0.05, 0) is 42.3 Å². The van der Waals surface area contributed by atoms with Gasteiger partial charge in [0.05, 0.1) is 11.3 Å². The Balaban J connectivity index is 1.32. The van der Waals surface area contributed by atoms with E-state index >= 15 is 0 Å². The molecule has 1 saturated heterocycles. The standard InChI is InChI=1S/C24H23FN4O2/c25-17-5-7-18(8-6-17)28-9-11-29(12-10-28)24-26-15-20-21(27-24)13-16(14-23(20)31)19-3-1-2-4-22(19)30/h1-8,15-16,30H,9-14H2/t16-/m1/s1. The Kier molecular flexibility index (Phi) is 5.02. The third-order valence-corrected chi connectivity index (χ3v) is 6.16. The monoisotopic (exact) mass is 418 g/mol. The molecular formula is C24H23FN4O2. The molecule has 6 nitrogen and oxygen atoms in total. The number of anilines is 2. The van der Waals surface area contributed by atoms with Crippen LogP contribution in [0, 0.1) is 5.82 Å². The van der Waals surface area contributed by atoms with Crippen molar-refractivity contribution in [2.75, 3.05) is 36.0 Å². The maximum absolute atomic E-state index is 13.2. The molecule has 0 bridgehead atoms. The number of ketones is 1. The molecule has 0 amide bonds. The molecule has 1 aliphatic heterocycles. The van der Waals surface area contributed by atoms with Crippen LogP contribution in [0.15, 0.2) is 54.7 Å². The Hall–Kier alpha value is -3.48. The van der Waals surface area contributed by atoms with Crippen molar-refractivity contribution < 1.29 is 14.3 Å². The summed E-state index contributed by atoms with van der Waals surface area (Å²) >= 11 is 0. The number of para-hydroxylation sites is 1. The number of hydrogen-bond donors (Lipinski definition) is 1. The Morgan fingerprint density at radius 3 is 2.39 bits per heavy atom. The van der Waals surface area contributed by atoms with Crippen molar-refractivity contribution in [2.24, 2.45) is 0 Å². The normalized spacial score (nSPS) is 18.7. The van der Waals surface area contributed by atoms with Crippen molar-refractivity contribution in [3.63, 3.8) is 0 Å². The van der Waals surface area contributed by atoms with Crippen molar-refractivity contribution in [1.29, 1.82) is 0 Å². The predicted molar refractivity (Wildman–Crippen MR) is 116 cm³/mol. The van der Waals surface area contributed by atoms with Crippen LogP contribution in [0.1, 0.15) is 34.0 Å². The van der Waals surface area contributed by atoms with E-state index in [0.717, 1.165) is 43.1 Å². The van der Waals surface area contributed by atoms with Crippen LogP contribution in [0.2, 0.25) is 0 Å². The Bertz CT molecular complexity index is 1110. The second-order valence-electron chi connectivity index (χ2n) is 8.07. The summed E-state index contributed by atoms with van der Waals surface area (Å²) in [6.07, 6.45) is 2.60. The van der Waals surface area contributed by atoms with E-state index in [1.54, 1.807) is 30.5 Å². The van der Waals surface area contributed by atoms with Gasteiger partial charge in [0.25, 0.3) is 0 Å². The number of carbonyl (C=O) groups is 1. The van der Waals surface area contributed by atoms with Crippen LogP contribution in [0.4, 0.5) is 16.0 Å². The molecule has 2 aromatic carbocycles. The summed E-state index contributed by atoms with van der Waals surface area (Å²) in [6.45, 7) is 3.05. The number of phenolic OH excluding ortho intramolecular Hbond substituents is 1. The topological polar surface area (TPSA) is 69.6 Å². The molecule has 1 fully saturated rings. The summed E-state index contributed by atoms with van der Waals surface area (Å²) in [5.74, 6) is 0.543. The fourth-order valence-corrected chi connectivity index (χ4v) is 4.46. The van der Waals surface area contributed by atoms with E-state index in [1.165, 1.54) is 12.1 Å². The number of benzene rings is 2. The highest BCUT2D eigenvalue weighted by Gasteiger charge is 2.30. The molecule has 5 rings (SSSR count). The van der Waals surface area contributed by atoms with Gasteiger partial charge in [-0.3, -0.25) is 4.79 Å². The summed E-state index contributed by atoms with van der Waals surface area (Å²) in [4.78, 5) is 26.2. The lowest BCUT2D eigenvalue weighted by Crippen LogP contribution is -2.47. The zero-order valence-corrected chi connectivity index (χ0v) is 17.0. The Morgan fingerprint density at radius 1 is 0.935 bits per heavy atom. The first-order chi connectivity index (χ1) is 15.1. The Labute approximate surface area is 180 Å². The van der Waals surface area contributed by atoms with Crippen molar-refractivity contribution in [1.82, 2.24) is 9.97 Å². The van der Waals surface area contributed by atoms with Gasteiger partial charge in [-0.2, -0.15) is 0 Å². The SMILES string of the molecule is O=C1C[C@H](c2ccccc2O)Cc2nc(N3CCN(c4ccc(F)cc4)CC3)ncc21. The minimum absolute atomic E-state index is 0.0159. The van der Waals surface area contributed by atoms with E-state index in [0.29, 0.717) is 24.4 Å². The quantitative estimate of drug-likeness (QED) is 0.702. The van der Waals surface area contributed by atoms with Crippen LogP contribution in [0.3, 0.4) is 0 Å². The largest absolute Gasteiger partial charge is 0.508 e. The first-order valence-electron chi connectivity index (χ1n) is 10.5. The van der Waals surface area contributed by atoms with Gasteiger partial charge in [0.15, 0.2) is 5.78 Å². The fraction of sp³-hybridized carbons (Fsp3) is 0.292. The molecule has 1 aromatic heterocycles. The van der Waals surface area contributed by atoms with E-state index in [-0.39, 0.29) is 23.3 Å². The molecule has 158 valence electrons. The zero-order valence-electron chi connectivity index (χ0n) is 17.0. The number of carbonyl (C=O) groups excluding carboxylic acids is 1. The number of rotatable bonds is 3. The van der Waals surface area contributed by atoms with Gasteiger partial charge in [0, 0.05) is 50.4 Å². The van der Waals surface area contributed by atoms with Crippen molar-refractivity contribution in [3.8, 4) is 5.75 Å². The van der Waals surface area contributed by atoms with Crippen molar-refractivity contribution in [3.05, 3.63) is 77.4 Å². The fourth-order valence-electron chi connectivity index (χ4n) is 4.46. The van der Waals surface area contributed by atoms with E-state index in [1.807, 2.05) is 12.1 Å². The van der Waals surface area contributed by atoms with Crippen LogP contribution in [-0.2, 0) is 6.42 Å². The summed E-state index contributed by atoms with van der Waals surface area (Å²) in [7, 11) is 0. The van der Waals surface area contributed by atoms with E-state index in [4.69, 9.17) is 4.98 Å². The molecule has 31 heavy (non-hydrogen) atoms. The van der Waals surface area contributed by atoms with Crippen LogP contribution in [-0.4, -0.2) is 47.0 Å². The number of Topliss-reactive ketones (excluding diaryl/α,β-unsaturated/α-hetero) is 1. The van der Waals surface area contributed by atoms with Gasteiger partial charge in [-0.15, -0.1) is 0 Å². The maximum atomic E-state index is 13.2. The minimum Gasteiger partial charge on any atom is -0.508 e. The molecule has 0 unspecified atom stereocenters. The first kappa shape index (κ1) is 19.5. The molecule has 7 heteroatoms. The first-order valence-corrected chi connectivity index (χ1v) is 10.5. The lowest BCUT2D eigenvalue weighted by atomic mass is 9.82. The average Bonchev–Trinajstić information content (AvgIpc) is 2.79. The highest BCUT2D eigenvalue weighted by atomic mass is 19.1. The van der Waals surface area contributed by atoms with Crippen molar-refractivity contribution >= 4 is 17.4 Å². The van der Waals surface area contributed by atoms with Crippen LogP contribution < -0.4 is 9.80 Å². The number of phenols is 1. The Morgan fingerprint density at radius 2 is 1.65 bits per heavy atom. The molecule has 2 aliphatic rings. The molecule has 0 radical (unpaired) electrons. The second-order valence-corrected chi connectivity index (χ2v) is 8.07. The molecule has 1 N–H and O–H groups in total. The van der Waals surface area contributed by atoms with E-state index < -0.39 is 0 Å². The average molecular weight is 418 g/mol. The number of aromatic hydroxyl groups is 1. The molecule has 0 saturated carbocycles. The van der Waals surface area contributed by atoms with Gasteiger partial charge in [0.1, 0.15) is 11.6 Å². The van der Waals surface area contributed by atoms with Gasteiger partial charge >= 0.3 is 0 Å². The number of halogens is 1. The van der Waals surface area contributed by atoms with Gasteiger partial charge in [-0.1, -0.05) is 18.2 Å². The molecule has 3 aromatic rings. The van der Waals surface area contributed by atoms with Crippen LogP contribution in [0.25, 0.3) is 0 Å². The van der Waals surface area contributed by atoms with Gasteiger partial charge in [0.2, 0.25) is 5.95 Å². The molecule has 2 heterocycles. The smallest absolute Gasteiger partial charge is 0.225 e. The summed E-state index contributed by atoms with van der Waals surface area (Å²) in [5, 5.41) is 10.2. The third-order valence-electron chi connectivity index (χ3n) is 6.16. The van der Waals surface area contributed by atoms with Crippen molar-refractivity contribution in [2.45, 2.75) is 18.8 Å². The number of aromatic nitrogens is 2. The van der Waals surface area contributed by atoms with Crippen LogP contribution >= 0.6 is 0 Å². The number of hydrogen-bond acceptors (Lipinski definition) is 6. The van der Waals surface area contributed by atoms with Crippen LogP contribution in [0.5, 0.6) is 5.75 Å². The van der Waals surface area contributed by atoms with Gasteiger partial charge < -0.3 is 14.9 Å². The number of nitrogens with zero attached hydrogens (tertiary/aromatic N) is 4. The minimum atomic E-state index is -0.235. The number of piperazine rings is 1.